The van der Waals surface area contributed by atoms with Crippen molar-refractivity contribution in [3.05, 3.63) is 24.2 Å². The van der Waals surface area contributed by atoms with Crippen LogP contribution in [-0.2, 0) is 4.79 Å². The van der Waals surface area contributed by atoms with Gasteiger partial charge in [-0.25, -0.2) is 9.50 Å². The van der Waals surface area contributed by atoms with E-state index in [1.54, 1.807) is 10.7 Å². The van der Waals surface area contributed by atoms with E-state index >= 15 is 0 Å². The molecular weight excluding hydrogens is 256 g/mol. The van der Waals surface area contributed by atoms with Crippen molar-refractivity contribution in [3.8, 4) is 0 Å². The largest absolute Gasteiger partial charge is 0.481 e. The molecule has 1 aliphatic carbocycles. The summed E-state index contributed by atoms with van der Waals surface area (Å²) in [5, 5.41) is 16.9. The average molecular weight is 274 g/mol. The van der Waals surface area contributed by atoms with Gasteiger partial charge in [-0.3, -0.25) is 4.79 Å². The van der Waals surface area contributed by atoms with Gasteiger partial charge < -0.3 is 10.4 Å². The summed E-state index contributed by atoms with van der Waals surface area (Å²) in [5.41, 5.74) is 1.87. The van der Waals surface area contributed by atoms with Crippen LogP contribution in [0.3, 0.4) is 0 Å². The standard InChI is InChI=1S/C14H18N4O2/c1-9-7-12-13(15-5-6-18(12)17-9)16-11-4-2-3-10(8-11)14(19)20/h5-7,10-11H,2-4,8H2,1H3,(H,15,16)(H,19,20). The number of anilines is 1. The van der Waals surface area contributed by atoms with E-state index in [0.29, 0.717) is 6.42 Å². The second-order valence-electron chi connectivity index (χ2n) is 5.43. The molecule has 0 spiro atoms. The highest BCUT2D eigenvalue weighted by Gasteiger charge is 2.27. The van der Waals surface area contributed by atoms with Gasteiger partial charge in [-0.05, 0) is 32.3 Å². The van der Waals surface area contributed by atoms with E-state index in [1.165, 1.54) is 0 Å². The minimum Gasteiger partial charge on any atom is -0.481 e. The fourth-order valence-corrected chi connectivity index (χ4v) is 2.89. The topological polar surface area (TPSA) is 79.5 Å². The number of hydrogen-bond acceptors (Lipinski definition) is 4. The van der Waals surface area contributed by atoms with Gasteiger partial charge >= 0.3 is 5.97 Å². The predicted octanol–water partition coefficient (Wildman–Crippen LogP) is 2.09. The van der Waals surface area contributed by atoms with Crippen molar-refractivity contribution in [1.29, 1.82) is 0 Å². The van der Waals surface area contributed by atoms with Crippen molar-refractivity contribution in [2.24, 2.45) is 5.92 Å². The molecule has 2 N–H and O–H groups in total. The molecule has 0 amide bonds. The Hall–Kier alpha value is -2.11. The second-order valence-corrected chi connectivity index (χ2v) is 5.43. The summed E-state index contributed by atoms with van der Waals surface area (Å²) in [6.45, 7) is 1.94. The molecule has 0 aliphatic heterocycles. The molecule has 6 heteroatoms. The molecule has 2 atom stereocenters. The molecule has 1 saturated carbocycles. The highest BCUT2D eigenvalue weighted by Crippen LogP contribution is 2.27. The lowest BCUT2D eigenvalue weighted by Gasteiger charge is -2.27. The van der Waals surface area contributed by atoms with E-state index in [9.17, 15) is 4.79 Å². The SMILES string of the molecule is Cc1cc2c(NC3CCCC(C(=O)O)C3)nccn2n1. The number of nitrogens with one attached hydrogen (secondary N) is 1. The summed E-state index contributed by atoms with van der Waals surface area (Å²) in [6.07, 6.45) is 6.88. The molecule has 0 bridgehead atoms. The van der Waals surface area contributed by atoms with E-state index < -0.39 is 5.97 Å². The third-order valence-corrected chi connectivity index (χ3v) is 3.88. The Labute approximate surface area is 116 Å². The highest BCUT2D eigenvalue weighted by molar-refractivity contribution is 5.71. The Morgan fingerprint density at radius 3 is 3.15 bits per heavy atom. The lowest BCUT2D eigenvalue weighted by atomic mass is 9.86. The van der Waals surface area contributed by atoms with Crippen molar-refractivity contribution in [2.45, 2.75) is 38.6 Å². The van der Waals surface area contributed by atoms with E-state index in [-0.39, 0.29) is 12.0 Å². The number of aliphatic carboxylic acids is 1. The summed E-state index contributed by atoms with van der Waals surface area (Å²) < 4.78 is 1.79. The number of fused-ring (bicyclic) bond motifs is 1. The normalized spacial score (nSPS) is 22.9. The van der Waals surface area contributed by atoms with Gasteiger partial charge in [-0.1, -0.05) is 6.42 Å². The number of carbonyl (C=O) groups is 1. The molecule has 0 aromatic carbocycles. The van der Waals surface area contributed by atoms with Crippen LogP contribution in [0.1, 0.15) is 31.4 Å². The maximum atomic E-state index is 11.1. The van der Waals surface area contributed by atoms with E-state index in [4.69, 9.17) is 5.11 Å². The predicted molar refractivity (Wildman–Crippen MR) is 74.7 cm³/mol. The van der Waals surface area contributed by atoms with Crippen LogP contribution in [0, 0.1) is 12.8 Å². The Bertz CT molecular complexity index is 637. The van der Waals surface area contributed by atoms with Crippen LogP contribution < -0.4 is 5.32 Å². The van der Waals surface area contributed by atoms with Crippen LogP contribution in [0.25, 0.3) is 5.52 Å². The number of aromatic nitrogens is 3. The van der Waals surface area contributed by atoms with Crippen LogP contribution in [-0.4, -0.2) is 31.7 Å². The molecule has 1 aliphatic rings. The minimum atomic E-state index is -0.692. The third kappa shape index (κ3) is 2.45. The zero-order valence-electron chi connectivity index (χ0n) is 11.4. The molecule has 1 fully saturated rings. The maximum Gasteiger partial charge on any atom is 0.306 e. The first-order chi connectivity index (χ1) is 9.63. The van der Waals surface area contributed by atoms with Crippen molar-refractivity contribution in [1.82, 2.24) is 14.6 Å². The van der Waals surface area contributed by atoms with Gasteiger partial charge in [0.2, 0.25) is 0 Å². The van der Waals surface area contributed by atoms with Gasteiger partial charge in [-0.2, -0.15) is 5.10 Å². The molecule has 6 nitrogen and oxygen atoms in total. The number of carboxylic acid groups (broad SMARTS) is 1. The van der Waals surface area contributed by atoms with Gasteiger partial charge in [0, 0.05) is 18.4 Å². The number of hydrogen-bond donors (Lipinski definition) is 2. The monoisotopic (exact) mass is 274 g/mol. The second kappa shape index (κ2) is 5.11. The summed E-state index contributed by atoms with van der Waals surface area (Å²) in [7, 11) is 0. The first-order valence-electron chi connectivity index (χ1n) is 6.94. The lowest BCUT2D eigenvalue weighted by Crippen LogP contribution is -2.31. The van der Waals surface area contributed by atoms with Gasteiger partial charge in [0.1, 0.15) is 5.52 Å². The summed E-state index contributed by atoms with van der Waals surface area (Å²) >= 11 is 0. The van der Waals surface area contributed by atoms with Crippen LogP contribution in [0.4, 0.5) is 5.82 Å². The van der Waals surface area contributed by atoms with Gasteiger partial charge in [-0.15, -0.1) is 0 Å². The lowest BCUT2D eigenvalue weighted by molar-refractivity contribution is -0.142. The molecule has 20 heavy (non-hydrogen) atoms. The third-order valence-electron chi connectivity index (χ3n) is 3.88. The summed E-state index contributed by atoms with van der Waals surface area (Å²) in [5.74, 6) is -0.153. The van der Waals surface area contributed by atoms with Crippen molar-refractivity contribution >= 4 is 17.3 Å². The first kappa shape index (κ1) is 12.9. The molecular formula is C14H18N4O2. The summed E-state index contributed by atoms with van der Waals surface area (Å²) in [4.78, 5) is 15.5. The van der Waals surface area contributed by atoms with Crippen LogP contribution in [0.2, 0.25) is 0 Å². The molecule has 0 radical (unpaired) electrons. The molecule has 2 aromatic rings. The average Bonchev–Trinajstić information content (AvgIpc) is 2.80. The maximum absolute atomic E-state index is 11.1. The molecule has 2 heterocycles. The fourth-order valence-electron chi connectivity index (χ4n) is 2.89. The number of carboxylic acids is 1. The Kier molecular flexibility index (Phi) is 3.30. The molecule has 0 saturated heterocycles. The van der Waals surface area contributed by atoms with Gasteiger partial charge in [0.25, 0.3) is 0 Å². The number of aryl methyl sites for hydroxylation is 1. The van der Waals surface area contributed by atoms with E-state index in [1.807, 2.05) is 19.2 Å². The minimum absolute atomic E-state index is 0.166. The molecule has 106 valence electrons. The number of rotatable bonds is 3. The zero-order valence-corrected chi connectivity index (χ0v) is 11.4. The van der Waals surface area contributed by atoms with Crippen LogP contribution >= 0.6 is 0 Å². The summed E-state index contributed by atoms with van der Waals surface area (Å²) in [6, 6.07) is 2.14. The molecule has 2 aromatic heterocycles. The Balaban J connectivity index is 1.80. The fraction of sp³-hybridized carbons (Fsp3) is 0.500. The Morgan fingerprint density at radius 2 is 2.35 bits per heavy atom. The smallest absolute Gasteiger partial charge is 0.306 e. The van der Waals surface area contributed by atoms with E-state index in [2.05, 4.69) is 15.4 Å². The van der Waals surface area contributed by atoms with Gasteiger partial charge in [0.05, 0.1) is 11.6 Å². The van der Waals surface area contributed by atoms with Crippen molar-refractivity contribution in [2.75, 3.05) is 5.32 Å². The van der Waals surface area contributed by atoms with Crippen LogP contribution in [0.5, 0.6) is 0 Å². The van der Waals surface area contributed by atoms with Gasteiger partial charge in [0.15, 0.2) is 5.82 Å². The van der Waals surface area contributed by atoms with Crippen molar-refractivity contribution in [3.63, 3.8) is 0 Å². The molecule has 2 unspecified atom stereocenters. The first-order valence-corrected chi connectivity index (χ1v) is 6.94. The highest BCUT2D eigenvalue weighted by atomic mass is 16.4. The zero-order chi connectivity index (χ0) is 14.1. The van der Waals surface area contributed by atoms with Crippen LogP contribution in [0.15, 0.2) is 18.5 Å². The number of nitrogens with zero attached hydrogens (tertiary/aromatic N) is 3. The molecule has 3 rings (SSSR count). The van der Waals surface area contributed by atoms with Crippen molar-refractivity contribution < 1.29 is 9.90 Å². The Morgan fingerprint density at radius 1 is 1.50 bits per heavy atom. The van der Waals surface area contributed by atoms with E-state index in [0.717, 1.165) is 36.3 Å². The quantitative estimate of drug-likeness (QED) is 0.896.